The highest BCUT2D eigenvalue weighted by Crippen LogP contribution is 2.38. The van der Waals surface area contributed by atoms with Crippen molar-refractivity contribution < 1.29 is 28.6 Å². The van der Waals surface area contributed by atoms with E-state index in [1.54, 1.807) is 39.2 Å². The number of rotatable bonds is 9. The molecule has 0 fully saturated rings. The molecule has 0 saturated heterocycles. The van der Waals surface area contributed by atoms with Crippen LogP contribution in [0.25, 0.3) is 10.8 Å². The van der Waals surface area contributed by atoms with Gasteiger partial charge in [-0.25, -0.2) is 10.2 Å². The highest BCUT2D eigenvalue weighted by molar-refractivity contribution is 7.17. The second kappa shape index (κ2) is 14.2. The monoisotopic (exact) mass is 613 g/mol. The van der Waals surface area contributed by atoms with Crippen LogP contribution in [0.15, 0.2) is 65.8 Å². The molecule has 2 amide bonds. The number of carbonyl (C=O) groups is 3. The lowest BCUT2D eigenvalue weighted by Gasteiger charge is -2.13. The molecule has 5 rings (SSSR count). The predicted molar refractivity (Wildman–Crippen MR) is 172 cm³/mol. The molecule has 9 nitrogen and oxygen atoms in total. The van der Waals surface area contributed by atoms with Gasteiger partial charge in [0.25, 0.3) is 0 Å². The second-order valence-electron chi connectivity index (χ2n) is 10.4. The molecular weight excluding hydrogens is 578 g/mol. The third-order valence-corrected chi connectivity index (χ3v) is 8.71. The number of hydrogen-bond donors (Lipinski definition) is 2. The first kappa shape index (κ1) is 30.7. The number of aryl methyl sites for hydroxylation is 1. The van der Waals surface area contributed by atoms with Gasteiger partial charge < -0.3 is 19.5 Å². The minimum Gasteiger partial charge on any atom is -0.493 e. The summed E-state index contributed by atoms with van der Waals surface area (Å²) in [5.41, 5.74) is 5.77. The van der Waals surface area contributed by atoms with E-state index in [0.29, 0.717) is 39.9 Å². The van der Waals surface area contributed by atoms with Crippen LogP contribution in [0.2, 0.25) is 0 Å². The van der Waals surface area contributed by atoms with Crippen LogP contribution in [0.5, 0.6) is 11.5 Å². The molecule has 0 radical (unpaired) electrons. The minimum atomic E-state index is -0.954. The van der Waals surface area contributed by atoms with Gasteiger partial charge in [0.05, 0.1) is 25.0 Å². The van der Waals surface area contributed by atoms with Crippen molar-refractivity contribution in [2.24, 2.45) is 5.10 Å². The number of nitrogens with zero attached hydrogens (tertiary/aromatic N) is 1. The van der Waals surface area contributed by atoms with Crippen molar-refractivity contribution in [3.63, 3.8) is 0 Å². The second-order valence-corrected chi connectivity index (χ2v) is 11.5. The van der Waals surface area contributed by atoms with Crippen molar-refractivity contribution in [2.75, 3.05) is 19.0 Å². The van der Waals surface area contributed by atoms with E-state index < -0.39 is 17.8 Å². The van der Waals surface area contributed by atoms with Crippen molar-refractivity contribution in [3.05, 3.63) is 87.8 Å². The van der Waals surface area contributed by atoms with E-state index in [9.17, 15) is 14.4 Å². The van der Waals surface area contributed by atoms with Crippen LogP contribution in [-0.2, 0) is 33.8 Å². The molecule has 0 spiro atoms. The number of benzene rings is 3. The highest BCUT2D eigenvalue weighted by Gasteiger charge is 2.28. The van der Waals surface area contributed by atoms with E-state index in [1.807, 2.05) is 24.3 Å². The summed E-state index contributed by atoms with van der Waals surface area (Å²) < 4.78 is 16.9. The molecule has 10 heteroatoms. The normalized spacial score (nSPS) is 13.0. The van der Waals surface area contributed by atoms with Crippen LogP contribution < -0.4 is 20.2 Å². The maximum absolute atomic E-state index is 12.8. The fourth-order valence-corrected chi connectivity index (χ4v) is 6.52. The predicted octanol–water partition coefficient (Wildman–Crippen LogP) is 6.41. The molecule has 2 N–H and O–H groups in total. The summed E-state index contributed by atoms with van der Waals surface area (Å²) in [6, 6.07) is 19.6. The Hall–Kier alpha value is -4.70. The van der Waals surface area contributed by atoms with Crippen molar-refractivity contribution >= 4 is 50.6 Å². The highest BCUT2D eigenvalue weighted by atomic mass is 32.1. The van der Waals surface area contributed by atoms with Gasteiger partial charge in [0, 0.05) is 10.4 Å². The Morgan fingerprint density at radius 3 is 2.55 bits per heavy atom. The van der Waals surface area contributed by atoms with E-state index in [2.05, 4.69) is 34.0 Å². The average molecular weight is 614 g/mol. The Morgan fingerprint density at radius 1 is 0.932 bits per heavy atom. The zero-order valence-corrected chi connectivity index (χ0v) is 25.8. The Kier molecular flexibility index (Phi) is 9.91. The van der Waals surface area contributed by atoms with E-state index in [4.69, 9.17) is 14.2 Å². The van der Waals surface area contributed by atoms with Crippen LogP contribution in [0.3, 0.4) is 0 Å². The molecule has 228 valence electrons. The standard InChI is InChI=1S/C34H35N3O6S/c1-4-42-34(40)30-26-15-6-5-7-16-29(26)44-33(30)35-31(38)32(39)37-36-21(2)23-17-18-27(28(19-23)41-3)43-20-24-13-10-12-22-11-8-9-14-25(22)24/h8-14,17-19H,4-7,15-16,20H2,1-3H3,(H,35,38)(H,37,39). The van der Waals surface area contributed by atoms with Crippen molar-refractivity contribution in [1.29, 1.82) is 0 Å². The van der Waals surface area contributed by atoms with Gasteiger partial charge in [0.15, 0.2) is 11.5 Å². The minimum absolute atomic E-state index is 0.216. The molecule has 3 aromatic carbocycles. The molecule has 44 heavy (non-hydrogen) atoms. The van der Waals surface area contributed by atoms with Gasteiger partial charge in [0.1, 0.15) is 11.6 Å². The summed E-state index contributed by atoms with van der Waals surface area (Å²) in [5.74, 6) is -1.30. The molecule has 0 saturated carbocycles. The van der Waals surface area contributed by atoms with Gasteiger partial charge >= 0.3 is 17.8 Å². The Balaban J connectivity index is 1.25. The molecule has 1 aliphatic rings. The van der Waals surface area contributed by atoms with E-state index in [-0.39, 0.29) is 6.61 Å². The third-order valence-electron chi connectivity index (χ3n) is 7.50. The smallest absolute Gasteiger partial charge is 0.341 e. The number of anilines is 1. The van der Waals surface area contributed by atoms with Crippen LogP contribution in [-0.4, -0.2) is 37.2 Å². The van der Waals surface area contributed by atoms with Gasteiger partial charge in [-0.15, -0.1) is 11.3 Å². The van der Waals surface area contributed by atoms with Crippen molar-refractivity contribution in [2.45, 2.75) is 52.6 Å². The number of amides is 2. The molecule has 0 bridgehead atoms. The number of nitrogens with one attached hydrogen (secondary N) is 2. The molecule has 1 aromatic heterocycles. The Bertz CT molecular complexity index is 1720. The SMILES string of the molecule is CCOC(=O)c1c(NC(=O)C(=O)NN=C(C)c2ccc(OCc3cccc4ccccc34)c(OC)c2)sc2c1CCCCC2. The summed E-state index contributed by atoms with van der Waals surface area (Å²) in [7, 11) is 1.55. The number of ether oxygens (including phenoxy) is 3. The topological polar surface area (TPSA) is 115 Å². The van der Waals surface area contributed by atoms with Gasteiger partial charge in [-0.2, -0.15) is 5.10 Å². The molecule has 4 aromatic rings. The van der Waals surface area contributed by atoms with Crippen LogP contribution in [0, 0.1) is 0 Å². The van der Waals surface area contributed by atoms with Crippen LogP contribution in [0.4, 0.5) is 5.00 Å². The first-order valence-corrected chi connectivity index (χ1v) is 15.5. The molecular formula is C34H35N3O6S. The summed E-state index contributed by atoms with van der Waals surface area (Å²) in [4.78, 5) is 39.3. The maximum atomic E-state index is 12.8. The number of methoxy groups -OCH3 is 1. The number of hydrogen-bond acceptors (Lipinski definition) is 8. The Morgan fingerprint density at radius 2 is 1.73 bits per heavy atom. The lowest BCUT2D eigenvalue weighted by atomic mass is 10.1. The molecule has 0 unspecified atom stereocenters. The first-order valence-electron chi connectivity index (χ1n) is 14.6. The van der Waals surface area contributed by atoms with E-state index in [0.717, 1.165) is 58.9 Å². The van der Waals surface area contributed by atoms with E-state index in [1.165, 1.54) is 11.3 Å². The average Bonchev–Trinajstić information content (AvgIpc) is 3.21. The van der Waals surface area contributed by atoms with Crippen LogP contribution in [0.1, 0.15) is 65.0 Å². The summed E-state index contributed by atoms with van der Waals surface area (Å²) in [6.07, 6.45) is 4.62. The number of fused-ring (bicyclic) bond motifs is 2. The first-order chi connectivity index (χ1) is 21.4. The fraction of sp³-hybridized carbons (Fsp3) is 0.294. The third kappa shape index (κ3) is 6.92. The number of esters is 1. The van der Waals surface area contributed by atoms with Crippen molar-refractivity contribution in [1.82, 2.24) is 5.43 Å². The molecule has 0 aliphatic heterocycles. The number of hydrazone groups is 1. The van der Waals surface area contributed by atoms with E-state index >= 15 is 0 Å². The van der Waals surface area contributed by atoms with Gasteiger partial charge in [-0.3, -0.25) is 9.59 Å². The summed E-state index contributed by atoms with van der Waals surface area (Å²) >= 11 is 1.33. The van der Waals surface area contributed by atoms with Gasteiger partial charge in [0.2, 0.25) is 0 Å². The Labute approximate surface area is 260 Å². The molecule has 1 heterocycles. The zero-order valence-electron chi connectivity index (χ0n) is 25.0. The number of thiophene rings is 1. The number of carbonyl (C=O) groups excluding carboxylic acids is 3. The fourth-order valence-electron chi connectivity index (χ4n) is 5.25. The lowest BCUT2D eigenvalue weighted by molar-refractivity contribution is -0.136. The zero-order chi connectivity index (χ0) is 31.1. The lowest BCUT2D eigenvalue weighted by Crippen LogP contribution is -2.33. The van der Waals surface area contributed by atoms with Gasteiger partial charge in [-0.1, -0.05) is 48.9 Å². The quantitative estimate of drug-likeness (QED) is 0.0741. The summed E-state index contributed by atoms with van der Waals surface area (Å²) in [5, 5.41) is 9.34. The van der Waals surface area contributed by atoms with Gasteiger partial charge in [-0.05, 0) is 79.6 Å². The maximum Gasteiger partial charge on any atom is 0.341 e. The summed E-state index contributed by atoms with van der Waals surface area (Å²) in [6.45, 7) is 4.02. The largest absolute Gasteiger partial charge is 0.493 e. The molecule has 1 aliphatic carbocycles. The van der Waals surface area contributed by atoms with Crippen LogP contribution >= 0.6 is 11.3 Å². The molecule has 0 atom stereocenters. The van der Waals surface area contributed by atoms with Crippen molar-refractivity contribution in [3.8, 4) is 11.5 Å².